The van der Waals surface area contributed by atoms with Gasteiger partial charge in [0.2, 0.25) is 5.78 Å². The van der Waals surface area contributed by atoms with E-state index in [9.17, 15) is 9.59 Å². The van der Waals surface area contributed by atoms with E-state index < -0.39 is 5.41 Å². The van der Waals surface area contributed by atoms with Gasteiger partial charge < -0.3 is 18.8 Å². The Hall–Kier alpha value is -3.25. The van der Waals surface area contributed by atoms with Gasteiger partial charge in [0.15, 0.2) is 24.2 Å². The molecule has 0 radical (unpaired) electrons. The molecule has 0 N–H and O–H groups in total. The van der Waals surface area contributed by atoms with Gasteiger partial charge in [0.05, 0.1) is 12.0 Å². The maximum atomic E-state index is 13.3. The Morgan fingerprint density at radius 2 is 1.75 bits per heavy atom. The van der Waals surface area contributed by atoms with Gasteiger partial charge in [-0.15, -0.1) is 0 Å². The first kappa shape index (κ1) is 24.4. The van der Waals surface area contributed by atoms with Crippen molar-refractivity contribution in [2.24, 2.45) is 0 Å². The predicted molar refractivity (Wildman–Crippen MR) is 137 cm³/mol. The fourth-order valence-electron chi connectivity index (χ4n) is 5.43. The molecule has 0 bridgehead atoms. The van der Waals surface area contributed by atoms with Crippen molar-refractivity contribution in [2.45, 2.75) is 57.6 Å². The van der Waals surface area contributed by atoms with E-state index in [0.29, 0.717) is 36.6 Å². The minimum absolute atomic E-state index is 0.174. The van der Waals surface area contributed by atoms with E-state index in [-0.39, 0.29) is 24.5 Å². The third-order valence-electron chi connectivity index (χ3n) is 7.41. The second-order valence-electron chi connectivity index (χ2n) is 9.69. The molecular formula is C29H30ClNO5. The van der Waals surface area contributed by atoms with Crippen LogP contribution in [-0.4, -0.2) is 35.6 Å². The Bertz CT molecular complexity index is 1270. The number of halogens is 1. The Kier molecular flexibility index (Phi) is 6.80. The van der Waals surface area contributed by atoms with E-state index in [2.05, 4.69) is 4.57 Å². The van der Waals surface area contributed by atoms with Crippen LogP contribution in [0.2, 0.25) is 5.02 Å². The van der Waals surface area contributed by atoms with Crippen molar-refractivity contribution >= 4 is 23.4 Å². The Balaban J connectivity index is 1.26. The zero-order chi connectivity index (χ0) is 25.3. The Morgan fingerprint density at radius 1 is 1.06 bits per heavy atom. The van der Waals surface area contributed by atoms with Crippen molar-refractivity contribution in [3.63, 3.8) is 0 Å². The molecule has 1 aromatic heterocycles. The summed E-state index contributed by atoms with van der Waals surface area (Å²) in [4.78, 5) is 26.4. The third-order valence-corrected chi connectivity index (χ3v) is 7.66. The summed E-state index contributed by atoms with van der Waals surface area (Å²) in [7, 11) is 0. The first-order valence-corrected chi connectivity index (χ1v) is 12.8. The molecule has 2 heterocycles. The fourth-order valence-corrected chi connectivity index (χ4v) is 5.55. The predicted octanol–water partition coefficient (Wildman–Crippen LogP) is 5.84. The SMILES string of the molecule is Cc1cc(C(=O)COC(=O)C2(c3ccc(Cl)cc3)CCCC2)c(C)n1CC1COc2ccccc2O1. The van der Waals surface area contributed by atoms with E-state index in [4.69, 9.17) is 25.8 Å². The number of rotatable bonds is 7. The minimum atomic E-state index is -0.712. The zero-order valence-corrected chi connectivity index (χ0v) is 21.3. The lowest BCUT2D eigenvalue weighted by Gasteiger charge is -2.27. The highest BCUT2D eigenvalue weighted by Gasteiger charge is 2.44. The fraction of sp³-hybridized carbons (Fsp3) is 0.379. The van der Waals surface area contributed by atoms with Crippen LogP contribution in [0.4, 0.5) is 0 Å². The largest absolute Gasteiger partial charge is 0.486 e. The monoisotopic (exact) mass is 507 g/mol. The van der Waals surface area contributed by atoms with Gasteiger partial charge >= 0.3 is 5.97 Å². The van der Waals surface area contributed by atoms with Gasteiger partial charge in [0, 0.05) is 22.0 Å². The second kappa shape index (κ2) is 10.0. The Labute approximate surface area is 216 Å². The topological polar surface area (TPSA) is 66.8 Å². The van der Waals surface area contributed by atoms with Gasteiger partial charge in [-0.05, 0) is 62.6 Å². The molecule has 0 amide bonds. The number of ketones is 1. The maximum Gasteiger partial charge on any atom is 0.317 e. The first-order valence-electron chi connectivity index (χ1n) is 12.4. The van der Waals surface area contributed by atoms with Gasteiger partial charge in [-0.3, -0.25) is 9.59 Å². The number of carbonyl (C=O) groups is 2. The van der Waals surface area contributed by atoms with Gasteiger partial charge in [-0.25, -0.2) is 0 Å². The van der Waals surface area contributed by atoms with Crippen LogP contribution in [0, 0.1) is 13.8 Å². The number of aromatic nitrogens is 1. The quantitative estimate of drug-likeness (QED) is 0.297. The van der Waals surface area contributed by atoms with Crippen molar-refractivity contribution in [3.8, 4) is 11.5 Å². The lowest BCUT2D eigenvalue weighted by atomic mass is 9.79. The average molecular weight is 508 g/mol. The van der Waals surface area contributed by atoms with Gasteiger partial charge in [-0.1, -0.05) is 48.7 Å². The van der Waals surface area contributed by atoms with Gasteiger partial charge in [0.1, 0.15) is 6.61 Å². The van der Waals surface area contributed by atoms with Crippen LogP contribution in [0.15, 0.2) is 54.6 Å². The summed E-state index contributed by atoms with van der Waals surface area (Å²) in [6, 6.07) is 16.8. The lowest BCUT2D eigenvalue weighted by molar-refractivity contribution is -0.149. The van der Waals surface area contributed by atoms with Crippen LogP contribution in [0.3, 0.4) is 0 Å². The highest BCUT2D eigenvalue weighted by molar-refractivity contribution is 6.30. The number of esters is 1. The molecule has 0 saturated heterocycles. The molecular weight excluding hydrogens is 478 g/mol. The molecule has 188 valence electrons. The van der Waals surface area contributed by atoms with Crippen molar-refractivity contribution in [1.82, 2.24) is 4.57 Å². The van der Waals surface area contributed by atoms with E-state index >= 15 is 0 Å². The number of para-hydroxylation sites is 2. The molecule has 36 heavy (non-hydrogen) atoms. The van der Waals surface area contributed by atoms with E-state index in [1.165, 1.54) is 0 Å². The molecule has 6 nitrogen and oxygen atoms in total. The summed E-state index contributed by atoms with van der Waals surface area (Å²) >= 11 is 6.05. The van der Waals surface area contributed by atoms with Crippen LogP contribution < -0.4 is 9.47 Å². The molecule has 0 spiro atoms. The second-order valence-corrected chi connectivity index (χ2v) is 10.1. The standard InChI is InChI=1S/C29H30ClNO5/c1-19-15-24(20(2)31(19)16-23-17-34-26-7-3-4-8-27(26)36-23)25(32)18-35-28(33)29(13-5-6-14-29)21-9-11-22(30)12-10-21/h3-4,7-12,15,23H,5-6,13-14,16-18H2,1-2H3. The van der Waals surface area contributed by atoms with Crippen LogP contribution in [-0.2, 0) is 21.5 Å². The lowest BCUT2D eigenvalue weighted by Crippen LogP contribution is -2.36. The molecule has 1 saturated carbocycles. The molecule has 2 aliphatic rings. The zero-order valence-electron chi connectivity index (χ0n) is 20.6. The third kappa shape index (κ3) is 4.62. The number of aryl methyl sites for hydroxylation is 1. The molecule has 5 rings (SSSR count). The summed E-state index contributed by atoms with van der Waals surface area (Å²) in [5.41, 5.74) is 2.51. The highest BCUT2D eigenvalue weighted by atomic mass is 35.5. The van der Waals surface area contributed by atoms with Crippen LogP contribution >= 0.6 is 11.6 Å². The summed E-state index contributed by atoms with van der Waals surface area (Å²) in [6.07, 6.45) is 3.15. The smallest absolute Gasteiger partial charge is 0.317 e. The maximum absolute atomic E-state index is 13.3. The van der Waals surface area contributed by atoms with Crippen molar-refractivity contribution in [2.75, 3.05) is 13.2 Å². The number of carbonyl (C=O) groups excluding carboxylic acids is 2. The molecule has 1 aliphatic heterocycles. The van der Waals surface area contributed by atoms with Crippen LogP contribution in [0.5, 0.6) is 11.5 Å². The molecule has 2 aromatic carbocycles. The Morgan fingerprint density at radius 3 is 2.47 bits per heavy atom. The van der Waals surface area contributed by atoms with Gasteiger partial charge in [0.25, 0.3) is 0 Å². The molecule has 1 aliphatic carbocycles. The van der Waals surface area contributed by atoms with Crippen LogP contribution in [0.25, 0.3) is 0 Å². The van der Waals surface area contributed by atoms with Crippen molar-refractivity contribution < 1.29 is 23.8 Å². The van der Waals surface area contributed by atoms with Crippen molar-refractivity contribution in [3.05, 3.63) is 82.1 Å². The number of benzene rings is 2. The summed E-state index contributed by atoms with van der Waals surface area (Å²) < 4.78 is 19.6. The van der Waals surface area contributed by atoms with E-state index in [0.717, 1.165) is 41.3 Å². The number of hydrogen-bond acceptors (Lipinski definition) is 5. The molecule has 1 unspecified atom stereocenters. The van der Waals surface area contributed by atoms with Crippen LogP contribution in [0.1, 0.15) is 53.0 Å². The molecule has 7 heteroatoms. The number of Topliss-reactive ketones (excluding diaryl/α,β-unsaturated/α-hetero) is 1. The number of hydrogen-bond donors (Lipinski definition) is 0. The number of nitrogens with zero attached hydrogens (tertiary/aromatic N) is 1. The van der Waals surface area contributed by atoms with E-state index in [1.807, 2.05) is 56.3 Å². The molecule has 1 atom stereocenters. The summed E-state index contributed by atoms with van der Waals surface area (Å²) in [5, 5.41) is 0.625. The van der Waals surface area contributed by atoms with E-state index in [1.54, 1.807) is 12.1 Å². The van der Waals surface area contributed by atoms with Gasteiger partial charge in [-0.2, -0.15) is 0 Å². The molecule has 1 fully saturated rings. The minimum Gasteiger partial charge on any atom is -0.486 e. The average Bonchev–Trinajstić information content (AvgIpc) is 3.49. The van der Waals surface area contributed by atoms with Crippen molar-refractivity contribution in [1.29, 1.82) is 0 Å². The summed E-state index contributed by atoms with van der Waals surface area (Å²) in [5.74, 6) is 0.918. The number of ether oxygens (including phenoxy) is 3. The highest BCUT2D eigenvalue weighted by Crippen LogP contribution is 2.42. The first-order chi connectivity index (χ1) is 17.4. The number of fused-ring (bicyclic) bond motifs is 1. The normalized spacial score (nSPS) is 18.1. The molecule has 3 aromatic rings. The summed E-state index contributed by atoms with van der Waals surface area (Å²) in [6.45, 7) is 4.57.